The van der Waals surface area contributed by atoms with Crippen LogP contribution in [0, 0.1) is 7.43 Å². The van der Waals surface area contributed by atoms with Crippen LogP contribution in [0.3, 0.4) is 0 Å². The number of hydrogen-bond acceptors (Lipinski definition) is 0. The van der Waals surface area contributed by atoms with Gasteiger partial charge in [0.25, 0.3) is 0 Å². The summed E-state index contributed by atoms with van der Waals surface area (Å²) in [6, 6.07) is 0. The van der Waals surface area contributed by atoms with Gasteiger partial charge < -0.3 is 23.4 Å². The Morgan fingerprint density at radius 1 is 0.545 bits per heavy atom. The van der Waals surface area contributed by atoms with E-state index >= 15 is 0 Å². The summed E-state index contributed by atoms with van der Waals surface area (Å²) in [6.45, 7) is 0. The van der Waals surface area contributed by atoms with Gasteiger partial charge in [-0.05, 0) is 0 Å². The first-order valence-corrected chi connectivity index (χ1v) is 2.68. The first-order chi connectivity index (χ1) is 4.24. The minimum atomic E-state index is 0. The Morgan fingerprint density at radius 3 is 0.545 bits per heavy atom. The smallest absolute Gasteiger partial charge is 0.668 e. The normalized spacial score (nSPS) is 4.91. The van der Waals surface area contributed by atoms with E-state index in [0.29, 0.717) is 0 Å². The first-order valence-electron chi connectivity index (χ1n) is 2.68. The Bertz CT molecular complexity index is 18.4. The van der Waals surface area contributed by atoms with Gasteiger partial charge in [0.2, 0.25) is 0 Å². The SMILES string of the molecule is C[N-]C.C[N-]C.C[N-]C.[CH3-].[Zr+4]. The van der Waals surface area contributed by atoms with Crippen molar-refractivity contribution in [2.24, 2.45) is 0 Å². The van der Waals surface area contributed by atoms with Crippen LogP contribution in [0.1, 0.15) is 0 Å². The molecule has 11 heavy (non-hydrogen) atoms. The molecule has 0 unspecified atom stereocenters. The van der Waals surface area contributed by atoms with E-state index in [1.807, 2.05) is 0 Å². The van der Waals surface area contributed by atoms with E-state index in [2.05, 4.69) is 16.0 Å². The molecular weight excluding hydrogens is 217 g/mol. The molecule has 0 atom stereocenters. The Labute approximate surface area is 91.8 Å². The van der Waals surface area contributed by atoms with Gasteiger partial charge in [0.05, 0.1) is 0 Å². The maximum atomic E-state index is 3.50. The molecule has 0 N–H and O–H groups in total. The molecule has 0 aliphatic carbocycles. The quantitative estimate of drug-likeness (QED) is 0.581. The zero-order valence-corrected chi connectivity index (χ0v) is 11.3. The molecule has 68 valence electrons. The third kappa shape index (κ3) is 1420. The Balaban J connectivity index is -0.0000000150. The molecule has 0 aromatic heterocycles. The van der Waals surface area contributed by atoms with E-state index in [-0.39, 0.29) is 33.6 Å². The van der Waals surface area contributed by atoms with Gasteiger partial charge in [-0.3, -0.25) is 0 Å². The third-order valence-electron chi connectivity index (χ3n) is 0. The van der Waals surface area contributed by atoms with E-state index in [9.17, 15) is 0 Å². The van der Waals surface area contributed by atoms with E-state index in [1.54, 1.807) is 42.3 Å². The molecule has 0 rings (SSSR count). The summed E-state index contributed by atoms with van der Waals surface area (Å²) >= 11 is 0. The Hall–Kier alpha value is 0.763. The molecule has 0 aromatic rings. The fourth-order valence-corrected chi connectivity index (χ4v) is 0. The monoisotopic (exact) mass is 237 g/mol. The van der Waals surface area contributed by atoms with Crippen LogP contribution in [0.15, 0.2) is 0 Å². The van der Waals surface area contributed by atoms with Gasteiger partial charge in [-0.2, -0.15) is 42.3 Å². The molecule has 0 radical (unpaired) electrons. The van der Waals surface area contributed by atoms with Crippen molar-refractivity contribution in [1.29, 1.82) is 0 Å². The zero-order valence-electron chi connectivity index (χ0n) is 8.84. The molecule has 0 fully saturated rings. The van der Waals surface area contributed by atoms with Gasteiger partial charge in [0.15, 0.2) is 0 Å². The maximum Gasteiger partial charge on any atom is 4.00 e. The summed E-state index contributed by atoms with van der Waals surface area (Å²) in [5.74, 6) is 0. The van der Waals surface area contributed by atoms with Crippen LogP contribution < -0.4 is 0 Å². The largest absolute Gasteiger partial charge is 4.00 e. The minimum absolute atomic E-state index is 0. The van der Waals surface area contributed by atoms with E-state index < -0.39 is 0 Å². The number of rotatable bonds is 0. The van der Waals surface area contributed by atoms with Crippen LogP contribution in [0.25, 0.3) is 16.0 Å². The fourth-order valence-electron chi connectivity index (χ4n) is 0. The predicted octanol–water partition coefficient (Wildman–Crippen LogP) is 2.31. The summed E-state index contributed by atoms with van der Waals surface area (Å²) in [7, 11) is 10.5. The van der Waals surface area contributed by atoms with Crippen molar-refractivity contribution in [2.75, 3.05) is 42.3 Å². The zero-order chi connectivity index (χ0) is 8.12. The van der Waals surface area contributed by atoms with E-state index in [0.717, 1.165) is 0 Å². The molecular formula is C7H21N3Zr. The van der Waals surface area contributed by atoms with Crippen molar-refractivity contribution in [3.05, 3.63) is 23.4 Å². The van der Waals surface area contributed by atoms with Gasteiger partial charge in [-0.25, -0.2) is 0 Å². The summed E-state index contributed by atoms with van der Waals surface area (Å²) in [6.07, 6.45) is 0. The van der Waals surface area contributed by atoms with Crippen molar-refractivity contribution in [3.8, 4) is 0 Å². The molecule has 3 nitrogen and oxygen atoms in total. The van der Waals surface area contributed by atoms with Gasteiger partial charge in [0.1, 0.15) is 0 Å². The van der Waals surface area contributed by atoms with Crippen molar-refractivity contribution in [3.63, 3.8) is 0 Å². The Morgan fingerprint density at radius 2 is 0.545 bits per heavy atom. The summed E-state index contributed by atoms with van der Waals surface area (Å²) in [5.41, 5.74) is 0. The number of nitrogens with zero attached hydrogens (tertiary/aromatic N) is 3. The van der Waals surface area contributed by atoms with Crippen LogP contribution in [0.4, 0.5) is 0 Å². The fraction of sp³-hybridized carbons (Fsp3) is 0.857. The van der Waals surface area contributed by atoms with Crippen LogP contribution in [0.5, 0.6) is 0 Å². The van der Waals surface area contributed by atoms with Crippen molar-refractivity contribution < 1.29 is 26.2 Å². The molecule has 0 aliphatic heterocycles. The molecule has 0 spiro atoms. The van der Waals surface area contributed by atoms with Gasteiger partial charge in [-0.15, -0.1) is 0 Å². The van der Waals surface area contributed by atoms with Crippen LogP contribution in [0.2, 0.25) is 0 Å². The second kappa shape index (κ2) is 72.4. The molecule has 0 aliphatic rings. The second-order valence-electron chi connectivity index (χ2n) is 1.34. The van der Waals surface area contributed by atoms with Crippen LogP contribution >= 0.6 is 0 Å². The molecule has 0 heterocycles. The van der Waals surface area contributed by atoms with Crippen molar-refractivity contribution in [1.82, 2.24) is 0 Å². The maximum absolute atomic E-state index is 3.50. The molecule has 0 aromatic carbocycles. The molecule has 4 heteroatoms. The van der Waals surface area contributed by atoms with Crippen molar-refractivity contribution >= 4 is 0 Å². The van der Waals surface area contributed by atoms with Crippen LogP contribution in [-0.2, 0) is 26.2 Å². The van der Waals surface area contributed by atoms with Gasteiger partial charge in [0, 0.05) is 0 Å². The van der Waals surface area contributed by atoms with Gasteiger partial charge in [-0.1, -0.05) is 0 Å². The Kier molecular flexibility index (Phi) is 196. The van der Waals surface area contributed by atoms with Crippen LogP contribution in [-0.4, -0.2) is 42.3 Å². The summed E-state index contributed by atoms with van der Waals surface area (Å²) in [4.78, 5) is 0. The first kappa shape index (κ1) is 29.8. The van der Waals surface area contributed by atoms with E-state index in [1.165, 1.54) is 0 Å². The molecule has 0 bridgehead atoms. The van der Waals surface area contributed by atoms with Crippen molar-refractivity contribution in [2.45, 2.75) is 0 Å². The predicted molar refractivity (Wildman–Crippen MR) is 52.0 cm³/mol. The topological polar surface area (TPSA) is 42.3 Å². The third-order valence-corrected chi connectivity index (χ3v) is 0. The van der Waals surface area contributed by atoms with Gasteiger partial charge >= 0.3 is 26.2 Å². The second-order valence-corrected chi connectivity index (χ2v) is 1.34. The van der Waals surface area contributed by atoms with E-state index in [4.69, 9.17) is 0 Å². The molecule has 0 saturated heterocycles. The number of hydrogen-bond donors (Lipinski definition) is 0. The summed E-state index contributed by atoms with van der Waals surface area (Å²) in [5, 5.41) is 10.5. The molecule has 0 saturated carbocycles. The standard InChI is InChI=1S/3C2H6N.CH3.Zr/c3*1-3-2;;/h3*1-2H3;1H3;/q4*-1;+4. The summed E-state index contributed by atoms with van der Waals surface area (Å²) < 4.78 is 0. The minimum Gasteiger partial charge on any atom is -0.668 e. The molecule has 0 amide bonds. The average Bonchev–Trinajstić information content (AvgIpc) is 1.70. The average molecular weight is 238 g/mol.